The normalized spacial score (nSPS) is 12.4. The minimum absolute atomic E-state index is 0.417. The summed E-state index contributed by atoms with van der Waals surface area (Å²) < 4.78 is 15.1. The van der Waals surface area contributed by atoms with Crippen molar-refractivity contribution in [1.82, 2.24) is 0 Å². The van der Waals surface area contributed by atoms with Crippen LogP contribution in [0.4, 0.5) is 0 Å². The van der Waals surface area contributed by atoms with Gasteiger partial charge in [0, 0.05) is 13.5 Å². The molecule has 0 heterocycles. The van der Waals surface area contributed by atoms with Crippen LogP contribution in [0.2, 0.25) is 0 Å². The second-order valence-corrected chi connectivity index (χ2v) is 3.70. The molecule has 4 nitrogen and oxygen atoms in total. The average molecular weight is 240 g/mol. The maximum absolute atomic E-state index is 9.54. The molecule has 1 rings (SSSR count). The van der Waals surface area contributed by atoms with Crippen LogP contribution in [0.1, 0.15) is 12.0 Å². The number of hydrogen-bond acceptors (Lipinski definition) is 4. The van der Waals surface area contributed by atoms with E-state index in [4.69, 9.17) is 14.2 Å². The van der Waals surface area contributed by atoms with Crippen LogP contribution < -0.4 is 4.74 Å². The van der Waals surface area contributed by atoms with E-state index in [1.54, 1.807) is 14.2 Å². The fourth-order valence-corrected chi connectivity index (χ4v) is 1.43. The van der Waals surface area contributed by atoms with E-state index in [0.717, 1.165) is 17.7 Å². The Kier molecular flexibility index (Phi) is 6.62. The van der Waals surface area contributed by atoms with E-state index in [0.29, 0.717) is 19.6 Å². The van der Waals surface area contributed by atoms with Crippen LogP contribution in [0, 0.1) is 0 Å². The Morgan fingerprint density at radius 2 is 1.82 bits per heavy atom. The first-order chi connectivity index (χ1) is 8.26. The summed E-state index contributed by atoms with van der Waals surface area (Å²) in [5.41, 5.74) is 1.15. The van der Waals surface area contributed by atoms with E-state index in [9.17, 15) is 5.11 Å². The minimum atomic E-state index is -0.729. The molecule has 0 saturated carbocycles. The third-order valence-corrected chi connectivity index (χ3v) is 2.44. The summed E-state index contributed by atoms with van der Waals surface area (Å²) in [6.07, 6.45) is 0.626. The van der Waals surface area contributed by atoms with E-state index < -0.39 is 6.29 Å². The van der Waals surface area contributed by atoms with Gasteiger partial charge in [-0.2, -0.15) is 0 Å². The van der Waals surface area contributed by atoms with Gasteiger partial charge in [-0.15, -0.1) is 0 Å². The summed E-state index contributed by atoms with van der Waals surface area (Å²) in [7, 11) is 3.25. The number of aliphatic hydroxyl groups is 1. The van der Waals surface area contributed by atoms with Crippen LogP contribution in [0.3, 0.4) is 0 Å². The van der Waals surface area contributed by atoms with E-state index in [1.807, 2.05) is 24.3 Å². The molecule has 0 bridgehead atoms. The van der Waals surface area contributed by atoms with Crippen molar-refractivity contribution in [2.45, 2.75) is 19.1 Å². The number of ether oxygens (including phenoxy) is 3. The van der Waals surface area contributed by atoms with Crippen molar-refractivity contribution >= 4 is 0 Å². The van der Waals surface area contributed by atoms with E-state index in [-0.39, 0.29) is 0 Å². The highest BCUT2D eigenvalue weighted by atomic mass is 16.6. The predicted molar refractivity (Wildman–Crippen MR) is 65.1 cm³/mol. The summed E-state index contributed by atoms with van der Waals surface area (Å²) in [5, 5.41) is 9.54. The van der Waals surface area contributed by atoms with Crippen molar-refractivity contribution < 1.29 is 19.3 Å². The van der Waals surface area contributed by atoms with Crippen LogP contribution in [0.15, 0.2) is 24.3 Å². The predicted octanol–water partition coefficient (Wildman–Crippen LogP) is 1.61. The van der Waals surface area contributed by atoms with Crippen molar-refractivity contribution in [2.24, 2.45) is 0 Å². The quantitative estimate of drug-likeness (QED) is 0.554. The first-order valence-corrected chi connectivity index (χ1v) is 5.68. The fraction of sp³-hybridized carbons (Fsp3) is 0.538. The van der Waals surface area contributed by atoms with Crippen molar-refractivity contribution in [3.8, 4) is 5.75 Å². The maximum atomic E-state index is 9.54. The van der Waals surface area contributed by atoms with Crippen molar-refractivity contribution in [1.29, 1.82) is 0 Å². The van der Waals surface area contributed by atoms with Gasteiger partial charge in [0.05, 0.1) is 20.3 Å². The largest absolute Gasteiger partial charge is 0.497 e. The Hall–Kier alpha value is -1.10. The SMILES string of the molecule is COCCOC(O)CCc1ccc(OC)cc1. The zero-order valence-corrected chi connectivity index (χ0v) is 10.4. The lowest BCUT2D eigenvalue weighted by atomic mass is 10.1. The molecule has 0 aliphatic rings. The average Bonchev–Trinajstić information content (AvgIpc) is 2.37. The van der Waals surface area contributed by atoms with Gasteiger partial charge in [0.1, 0.15) is 5.75 Å². The lowest BCUT2D eigenvalue weighted by Crippen LogP contribution is -2.16. The molecule has 96 valence electrons. The molecule has 0 aliphatic carbocycles. The molecule has 0 radical (unpaired) electrons. The molecule has 1 aromatic rings. The molecule has 4 heteroatoms. The number of aryl methyl sites for hydroxylation is 1. The standard InChI is InChI=1S/C13H20O4/c1-15-9-10-17-13(14)8-5-11-3-6-12(16-2)7-4-11/h3-4,6-7,13-14H,5,8-10H2,1-2H3. The molecular weight excluding hydrogens is 220 g/mol. The number of benzene rings is 1. The van der Waals surface area contributed by atoms with Crippen molar-refractivity contribution in [3.63, 3.8) is 0 Å². The Morgan fingerprint density at radius 3 is 2.41 bits per heavy atom. The summed E-state index contributed by atoms with van der Waals surface area (Å²) in [5.74, 6) is 0.839. The highest BCUT2D eigenvalue weighted by Gasteiger charge is 2.04. The van der Waals surface area contributed by atoms with Gasteiger partial charge < -0.3 is 19.3 Å². The topological polar surface area (TPSA) is 47.9 Å². The van der Waals surface area contributed by atoms with Gasteiger partial charge in [-0.3, -0.25) is 0 Å². The Labute approximate surface area is 102 Å². The van der Waals surface area contributed by atoms with Crippen molar-refractivity contribution in [3.05, 3.63) is 29.8 Å². The molecule has 1 N–H and O–H groups in total. The smallest absolute Gasteiger partial charge is 0.154 e. The van der Waals surface area contributed by atoms with Gasteiger partial charge in [0.2, 0.25) is 0 Å². The summed E-state index contributed by atoms with van der Waals surface area (Å²) in [4.78, 5) is 0. The first kappa shape index (κ1) is 14.0. The van der Waals surface area contributed by atoms with Gasteiger partial charge in [0.15, 0.2) is 6.29 Å². The Morgan fingerprint density at radius 1 is 1.12 bits per heavy atom. The molecule has 1 atom stereocenters. The minimum Gasteiger partial charge on any atom is -0.497 e. The molecule has 1 aromatic carbocycles. The van der Waals surface area contributed by atoms with Crippen LogP contribution in [0.5, 0.6) is 5.75 Å². The van der Waals surface area contributed by atoms with Gasteiger partial charge in [-0.05, 0) is 24.1 Å². The molecule has 0 amide bonds. The number of aliphatic hydroxyl groups excluding tert-OH is 1. The maximum Gasteiger partial charge on any atom is 0.154 e. The van der Waals surface area contributed by atoms with E-state index in [2.05, 4.69) is 0 Å². The molecule has 0 aromatic heterocycles. The van der Waals surface area contributed by atoms with Gasteiger partial charge >= 0.3 is 0 Å². The molecular formula is C13H20O4. The van der Waals surface area contributed by atoms with Crippen LogP contribution in [0.25, 0.3) is 0 Å². The molecule has 17 heavy (non-hydrogen) atoms. The monoisotopic (exact) mass is 240 g/mol. The van der Waals surface area contributed by atoms with Gasteiger partial charge in [-0.1, -0.05) is 12.1 Å². The molecule has 0 saturated heterocycles. The summed E-state index contributed by atoms with van der Waals surface area (Å²) >= 11 is 0. The van der Waals surface area contributed by atoms with Crippen LogP contribution >= 0.6 is 0 Å². The van der Waals surface area contributed by atoms with E-state index in [1.165, 1.54) is 0 Å². The molecule has 0 fully saturated rings. The number of methoxy groups -OCH3 is 2. The number of hydrogen-bond donors (Lipinski definition) is 1. The highest BCUT2D eigenvalue weighted by Crippen LogP contribution is 2.13. The Balaban J connectivity index is 2.24. The summed E-state index contributed by atoms with van der Waals surface area (Å²) in [6.45, 7) is 0.917. The highest BCUT2D eigenvalue weighted by molar-refractivity contribution is 5.27. The summed E-state index contributed by atoms with van der Waals surface area (Å²) in [6, 6.07) is 7.79. The van der Waals surface area contributed by atoms with Gasteiger partial charge in [-0.25, -0.2) is 0 Å². The van der Waals surface area contributed by atoms with E-state index >= 15 is 0 Å². The molecule has 1 unspecified atom stereocenters. The number of rotatable bonds is 8. The molecule has 0 aliphatic heterocycles. The third kappa shape index (κ3) is 5.68. The fourth-order valence-electron chi connectivity index (χ4n) is 1.43. The lowest BCUT2D eigenvalue weighted by Gasteiger charge is -2.11. The zero-order chi connectivity index (χ0) is 12.5. The van der Waals surface area contributed by atoms with Gasteiger partial charge in [0.25, 0.3) is 0 Å². The van der Waals surface area contributed by atoms with Crippen LogP contribution in [-0.4, -0.2) is 38.8 Å². The first-order valence-electron chi connectivity index (χ1n) is 5.68. The second-order valence-electron chi connectivity index (χ2n) is 3.70. The third-order valence-electron chi connectivity index (χ3n) is 2.44. The Bertz CT molecular complexity index is 297. The van der Waals surface area contributed by atoms with Crippen LogP contribution in [-0.2, 0) is 15.9 Å². The lowest BCUT2D eigenvalue weighted by molar-refractivity contribution is -0.112. The zero-order valence-electron chi connectivity index (χ0n) is 10.4. The second kappa shape index (κ2) is 8.06. The van der Waals surface area contributed by atoms with Crippen molar-refractivity contribution in [2.75, 3.05) is 27.4 Å². The molecule has 0 spiro atoms.